The summed E-state index contributed by atoms with van der Waals surface area (Å²) in [6, 6.07) is 3.36. The van der Waals surface area contributed by atoms with Crippen LogP contribution in [0.3, 0.4) is 0 Å². The Morgan fingerprint density at radius 3 is 2.75 bits per heavy atom. The van der Waals surface area contributed by atoms with Gasteiger partial charge in [0.25, 0.3) is 5.91 Å². The first-order valence-electron chi connectivity index (χ1n) is 4.88. The molecule has 3 rings (SSSR count). The van der Waals surface area contributed by atoms with Crippen molar-refractivity contribution in [3.8, 4) is 0 Å². The van der Waals surface area contributed by atoms with Crippen molar-refractivity contribution in [2.45, 2.75) is 6.04 Å². The predicted octanol–water partition coefficient (Wildman–Crippen LogP) is 2.25. The van der Waals surface area contributed by atoms with Crippen molar-refractivity contribution < 1.29 is 4.79 Å². The average molecular weight is 231 g/mol. The minimum absolute atomic E-state index is 0.0305. The molecular weight excluding hydrogens is 222 g/mol. The summed E-state index contributed by atoms with van der Waals surface area (Å²) in [6.45, 7) is 0. The molecule has 0 bridgehead atoms. The molecule has 0 radical (unpaired) electrons. The van der Waals surface area contributed by atoms with Crippen molar-refractivity contribution in [1.29, 1.82) is 0 Å². The van der Waals surface area contributed by atoms with E-state index < -0.39 is 0 Å². The molecule has 0 saturated heterocycles. The lowest BCUT2D eigenvalue weighted by Crippen LogP contribution is -2.31. The van der Waals surface area contributed by atoms with E-state index in [1.807, 2.05) is 22.9 Å². The van der Waals surface area contributed by atoms with Crippen LogP contribution in [-0.4, -0.2) is 10.9 Å². The fourth-order valence-electron chi connectivity index (χ4n) is 1.72. The van der Waals surface area contributed by atoms with Crippen LogP contribution >= 0.6 is 11.3 Å². The Kier molecular flexibility index (Phi) is 2.11. The van der Waals surface area contributed by atoms with Gasteiger partial charge in [-0.05, 0) is 17.7 Å². The van der Waals surface area contributed by atoms with Gasteiger partial charge in [-0.1, -0.05) is 0 Å². The van der Waals surface area contributed by atoms with E-state index in [1.54, 1.807) is 23.7 Å². The van der Waals surface area contributed by atoms with E-state index in [9.17, 15) is 4.79 Å². The fourth-order valence-corrected chi connectivity index (χ4v) is 2.44. The minimum atomic E-state index is -0.329. The summed E-state index contributed by atoms with van der Waals surface area (Å²) in [4.78, 5) is 15.8. The smallest absolute Gasteiger partial charge is 0.251 e. The van der Waals surface area contributed by atoms with E-state index in [0.717, 1.165) is 16.9 Å². The van der Waals surface area contributed by atoms with Gasteiger partial charge in [-0.3, -0.25) is 9.78 Å². The van der Waals surface area contributed by atoms with E-state index in [1.165, 1.54) is 0 Å². The molecule has 1 aliphatic heterocycles. The summed E-state index contributed by atoms with van der Waals surface area (Å²) < 4.78 is 0. The number of carbonyl (C=O) groups excluding carboxylic acids is 1. The number of rotatable bonds is 1. The third-order valence-corrected chi connectivity index (χ3v) is 3.26. The molecule has 2 aromatic rings. The van der Waals surface area contributed by atoms with Crippen molar-refractivity contribution >= 4 is 28.6 Å². The molecule has 80 valence electrons. The van der Waals surface area contributed by atoms with Gasteiger partial charge in [-0.15, -0.1) is 11.3 Å². The number of amides is 1. The predicted molar refractivity (Wildman–Crippen MR) is 63.5 cm³/mol. The first kappa shape index (κ1) is 9.35. The SMILES string of the molecule is O=C1Nc2cscc2NC1c1ccncc1. The van der Waals surface area contributed by atoms with Gasteiger partial charge in [0.05, 0.1) is 11.4 Å². The summed E-state index contributed by atoms with van der Waals surface area (Å²) in [6.07, 6.45) is 3.38. The topological polar surface area (TPSA) is 54.0 Å². The molecule has 16 heavy (non-hydrogen) atoms. The molecule has 5 heteroatoms. The molecule has 0 aromatic carbocycles. The molecule has 3 heterocycles. The van der Waals surface area contributed by atoms with Gasteiger partial charge in [0, 0.05) is 23.2 Å². The molecule has 1 unspecified atom stereocenters. The third kappa shape index (κ3) is 1.45. The Morgan fingerprint density at radius 2 is 1.94 bits per heavy atom. The molecule has 1 atom stereocenters. The van der Waals surface area contributed by atoms with E-state index >= 15 is 0 Å². The molecule has 4 nitrogen and oxygen atoms in total. The Bertz CT molecular complexity index is 523. The summed E-state index contributed by atoms with van der Waals surface area (Å²) >= 11 is 1.57. The lowest BCUT2D eigenvalue weighted by atomic mass is 10.1. The van der Waals surface area contributed by atoms with Crippen LogP contribution in [0.5, 0.6) is 0 Å². The number of carbonyl (C=O) groups is 1. The second kappa shape index (κ2) is 3.61. The molecule has 1 aliphatic rings. The number of hydrogen-bond donors (Lipinski definition) is 2. The van der Waals surface area contributed by atoms with Crippen molar-refractivity contribution in [2.24, 2.45) is 0 Å². The fraction of sp³-hybridized carbons (Fsp3) is 0.0909. The molecular formula is C11H9N3OS. The van der Waals surface area contributed by atoms with Crippen LogP contribution in [0, 0.1) is 0 Å². The summed E-state index contributed by atoms with van der Waals surface area (Å²) in [5.74, 6) is -0.0305. The van der Waals surface area contributed by atoms with Gasteiger partial charge < -0.3 is 10.6 Å². The van der Waals surface area contributed by atoms with Crippen LogP contribution in [0.25, 0.3) is 0 Å². The number of nitrogens with zero attached hydrogens (tertiary/aromatic N) is 1. The van der Waals surface area contributed by atoms with E-state index in [-0.39, 0.29) is 11.9 Å². The second-order valence-corrected chi connectivity index (χ2v) is 4.29. The van der Waals surface area contributed by atoms with Crippen LogP contribution in [0.15, 0.2) is 35.3 Å². The Morgan fingerprint density at radius 1 is 1.19 bits per heavy atom. The highest BCUT2D eigenvalue weighted by molar-refractivity contribution is 7.09. The molecule has 2 N–H and O–H groups in total. The largest absolute Gasteiger partial charge is 0.368 e. The zero-order valence-corrected chi connectivity index (χ0v) is 9.12. The van der Waals surface area contributed by atoms with Crippen molar-refractivity contribution in [3.63, 3.8) is 0 Å². The van der Waals surface area contributed by atoms with Gasteiger partial charge in [-0.25, -0.2) is 0 Å². The lowest BCUT2D eigenvalue weighted by Gasteiger charge is -2.24. The number of nitrogens with one attached hydrogen (secondary N) is 2. The van der Waals surface area contributed by atoms with Gasteiger partial charge in [-0.2, -0.15) is 0 Å². The third-order valence-electron chi connectivity index (χ3n) is 2.52. The number of hydrogen-bond acceptors (Lipinski definition) is 4. The van der Waals surface area contributed by atoms with E-state index in [4.69, 9.17) is 0 Å². The maximum Gasteiger partial charge on any atom is 0.251 e. The van der Waals surface area contributed by atoms with Gasteiger partial charge in [0.1, 0.15) is 6.04 Å². The molecule has 2 aromatic heterocycles. The van der Waals surface area contributed by atoms with Crippen molar-refractivity contribution in [3.05, 3.63) is 40.8 Å². The monoisotopic (exact) mass is 231 g/mol. The normalized spacial score (nSPS) is 18.5. The summed E-state index contributed by atoms with van der Waals surface area (Å²) in [5.41, 5.74) is 2.76. The highest BCUT2D eigenvalue weighted by Gasteiger charge is 2.26. The first-order chi connectivity index (χ1) is 7.84. The van der Waals surface area contributed by atoms with Gasteiger partial charge >= 0.3 is 0 Å². The van der Waals surface area contributed by atoms with E-state index in [0.29, 0.717) is 0 Å². The maximum absolute atomic E-state index is 11.9. The number of thiophene rings is 1. The molecule has 0 aliphatic carbocycles. The van der Waals surface area contributed by atoms with Crippen LogP contribution in [0.4, 0.5) is 11.4 Å². The Balaban J connectivity index is 1.97. The minimum Gasteiger partial charge on any atom is -0.368 e. The average Bonchev–Trinajstić information content (AvgIpc) is 2.76. The lowest BCUT2D eigenvalue weighted by molar-refractivity contribution is -0.117. The molecule has 0 saturated carbocycles. The molecule has 1 amide bonds. The Hall–Kier alpha value is -1.88. The van der Waals surface area contributed by atoms with Crippen LogP contribution in [0.1, 0.15) is 11.6 Å². The van der Waals surface area contributed by atoms with Gasteiger partial charge in [0.2, 0.25) is 0 Å². The zero-order valence-electron chi connectivity index (χ0n) is 8.31. The maximum atomic E-state index is 11.9. The Labute approximate surface area is 96.3 Å². The van der Waals surface area contributed by atoms with Crippen LogP contribution < -0.4 is 10.6 Å². The zero-order chi connectivity index (χ0) is 11.0. The number of fused-ring (bicyclic) bond motifs is 1. The second-order valence-electron chi connectivity index (χ2n) is 3.55. The van der Waals surface area contributed by atoms with Crippen molar-refractivity contribution in [2.75, 3.05) is 10.6 Å². The van der Waals surface area contributed by atoms with Crippen LogP contribution in [0.2, 0.25) is 0 Å². The van der Waals surface area contributed by atoms with E-state index in [2.05, 4.69) is 15.6 Å². The summed E-state index contributed by atoms with van der Waals surface area (Å²) in [5, 5.41) is 10.00. The molecule has 0 fully saturated rings. The van der Waals surface area contributed by atoms with Crippen molar-refractivity contribution in [1.82, 2.24) is 4.98 Å². The summed E-state index contributed by atoms with van der Waals surface area (Å²) in [7, 11) is 0. The van der Waals surface area contributed by atoms with Crippen LogP contribution in [-0.2, 0) is 4.79 Å². The van der Waals surface area contributed by atoms with Gasteiger partial charge in [0.15, 0.2) is 0 Å². The first-order valence-corrected chi connectivity index (χ1v) is 5.82. The quantitative estimate of drug-likeness (QED) is 0.791. The molecule has 0 spiro atoms. The standard InChI is InChI=1S/C11H9N3OS/c15-11-10(7-1-3-12-4-2-7)13-8-5-16-6-9(8)14-11/h1-6,10,13H,(H,14,15). The number of aromatic nitrogens is 1. The number of pyridine rings is 1. The number of anilines is 2. The highest BCUT2D eigenvalue weighted by Crippen LogP contribution is 2.34. The highest BCUT2D eigenvalue weighted by atomic mass is 32.1.